The number of ether oxygens (including phenoxy) is 1. The third kappa shape index (κ3) is 7.49. The molecule has 0 radical (unpaired) electrons. The van der Waals surface area contributed by atoms with Crippen LogP contribution in [0.2, 0.25) is 0 Å². The van der Waals surface area contributed by atoms with Crippen molar-refractivity contribution in [1.29, 1.82) is 0 Å². The summed E-state index contributed by atoms with van der Waals surface area (Å²) >= 11 is 1.73. The molecular formula is C19H29IN4OS. The van der Waals surface area contributed by atoms with Crippen LogP contribution in [0.25, 0.3) is 0 Å². The molecule has 1 aromatic heterocycles. The van der Waals surface area contributed by atoms with Crippen molar-refractivity contribution in [2.75, 3.05) is 20.2 Å². The summed E-state index contributed by atoms with van der Waals surface area (Å²) in [7, 11) is 1.79. The Morgan fingerprint density at radius 2 is 2.08 bits per heavy atom. The Hall–Kier alpha value is -1.35. The molecule has 0 fully saturated rings. The average molecular weight is 488 g/mol. The molecule has 26 heavy (non-hydrogen) atoms. The molecule has 0 aliphatic carbocycles. The monoisotopic (exact) mass is 488 g/mol. The summed E-state index contributed by atoms with van der Waals surface area (Å²) in [6.45, 7) is 8.52. The zero-order valence-electron chi connectivity index (χ0n) is 16.0. The lowest BCUT2D eigenvalue weighted by atomic mass is 10.1. The van der Waals surface area contributed by atoms with Gasteiger partial charge in [0.2, 0.25) is 0 Å². The smallest absolute Gasteiger partial charge is 0.191 e. The zero-order valence-corrected chi connectivity index (χ0v) is 19.1. The van der Waals surface area contributed by atoms with E-state index in [4.69, 9.17) is 4.74 Å². The maximum Gasteiger partial charge on any atom is 0.191 e. The lowest BCUT2D eigenvalue weighted by molar-refractivity contribution is 0.317. The van der Waals surface area contributed by atoms with Crippen molar-refractivity contribution in [3.8, 4) is 5.75 Å². The van der Waals surface area contributed by atoms with Crippen LogP contribution in [0.4, 0.5) is 0 Å². The van der Waals surface area contributed by atoms with Crippen molar-refractivity contribution in [2.24, 2.45) is 4.99 Å². The molecule has 0 aliphatic rings. The molecule has 1 heterocycles. The molecule has 1 aromatic carbocycles. The second-order valence-electron chi connectivity index (χ2n) is 5.84. The van der Waals surface area contributed by atoms with E-state index in [0.717, 1.165) is 54.9 Å². The van der Waals surface area contributed by atoms with Crippen LogP contribution in [-0.4, -0.2) is 31.1 Å². The fraction of sp³-hybridized carbons (Fsp3) is 0.474. The van der Waals surface area contributed by atoms with Crippen molar-refractivity contribution in [1.82, 2.24) is 15.6 Å². The van der Waals surface area contributed by atoms with Crippen LogP contribution >= 0.6 is 35.3 Å². The van der Waals surface area contributed by atoms with Crippen LogP contribution < -0.4 is 15.4 Å². The van der Waals surface area contributed by atoms with Gasteiger partial charge < -0.3 is 15.4 Å². The molecule has 0 saturated carbocycles. The predicted molar refractivity (Wildman–Crippen MR) is 121 cm³/mol. The van der Waals surface area contributed by atoms with Gasteiger partial charge in [-0.05, 0) is 44.4 Å². The molecule has 0 saturated heterocycles. The van der Waals surface area contributed by atoms with E-state index < -0.39 is 0 Å². The van der Waals surface area contributed by atoms with Crippen LogP contribution in [-0.2, 0) is 13.0 Å². The number of guanidine groups is 1. The second kappa shape index (κ2) is 12.1. The van der Waals surface area contributed by atoms with Gasteiger partial charge in [0.1, 0.15) is 5.75 Å². The predicted octanol–water partition coefficient (Wildman–Crippen LogP) is 4.07. The number of aliphatic imine (C=N–C) groups is 1. The number of aryl methyl sites for hydroxylation is 2. The van der Waals surface area contributed by atoms with Gasteiger partial charge in [0.15, 0.2) is 5.96 Å². The van der Waals surface area contributed by atoms with Crippen molar-refractivity contribution in [3.05, 3.63) is 45.4 Å². The van der Waals surface area contributed by atoms with E-state index in [1.54, 1.807) is 18.4 Å². The highest BCUT2D eigenvalue weighted by Crippen LogP contribution is 2.16. The number of hydrogen-bond donors (Lipinski definition) is 2. The van der Waals surface area contributed by atoms with Crippen molar-refractivity contribution in [3.63, 3.8) is 0 Å². The standard InChI is InChI=1S/C19H28N4OS.HI/c1-5-11-24-17-8-6-7-16(12-17)9-10-21-19(20-4)22-13-18-14(2)23-15(3)25-18;/h6-8,12H,5,9-11,13H2,1-4H3,(H2,20,21,22);1H. The number of nitrogens with zero attached hydrogens (tertiary/aromatic N) is 2. The maximum absolute atomic E-state index is 5.68. The summed E-state index contributed by atoms with van der Waals surface area (Å²) in [5.74, 6) is 1.75. The Morgan fingerprint density at radius 1 is 1.27 bits per heavy atom. The van der Waals surface area contributed by atoms with Gasteiger partial charge >= 0.3 is 0 Å². The van der Waals surface area contributed by atoms with Gasteiger partial charge in [-0.2, -0.15) is 0 Å². The molecule has 0 unspecified atom stereocenters. The molecule has 2 rings (SSSR count). The number of rotatable bonds is 8. The third-order valence-corrected chi connectivity index (χ3v) is 4.79. The molecule has 0 atom stereocenters. The number of halogens is 1. The number of hydrogen-bond acceptors (Lipinski definition) is 4. The van der Waals surface area contributed by atoms with Gasteiger partial charge in [0, 0.05) is 18.5 Å². The van der Waals surface area contributed by atoms with Crippen LogP contribution in [0.5, 0.6) is 5.75 Å². The van der Waals surface area contributed by atoms with Crippen LogP contribution in [0.3, 0.4) is 0 Å². The molecule has 144 valence electrons. The first-order valence-corrected chi connectivity index (χ1v) is 9.53. The molecule has 0 spiro atoms. The highest BCUT2D eigenvalue weighted by Gasteiger charge is 2.06. The molecule has 5 nitrogen and oxygen atoms in total. The van der Waals surface area contributed by atoms with E-state index in [1.807, 2.05) is 26.0 Å². The van der Waals surface area contributed by atoms with Gasteiger partial charge in [0.05, 0.1) is 23.9 Å². The molecular weight excluding hydrogens is 459 g/mol. The van der Waals surface area contributed by atoms with Crippen LogP contribution in [0.15, 0.2) is 29.3 Å². The Balaban J connectivity index is 0.00000338. The van der Waals surface area contributed by atoms with Crippen molar-refractivity contribution < 1.29 is 4.74 Å². The van der Waals surface area contributed by atoms with Gasteiger partial charge in [0.25, 0.3) is 0 Å². The minimum Gasteiger partial charge on any atom is -0.494 e. The van der Waals surface area contributed by atoms with Crippen molar-refractivity contribution in [2.45, 2.75) is 40.2 Å². The quantitative estimate of drug-likeness (QED) is 0.334. The van der Waals surface area contributed by atoms with Crippen molar-refractivity contribution >= 4 is 41.3 Å². The first kappa shape index (κ1) is 22.7. The summed E-state index contributed by atoms with van der Waals surface area (Å²) in [4.78, 5) is 9.99. The summed E-state index contributed by atoms with van der Waals surface area (Å²) in [6.07, 6.45) is 1.94. The van der Waals surface area contributed by atoms with Gasteiger partial charge in [-0.25, -0.2) is 4.98 Å². The highest BCUT2D eigenvalue weighted by molar-refractivity contribution is 14.0. The zero-order chi connectivity index (χ0) is 18.1. The lowest BCUT2D eigenvalue weighted by Crippen LogP contribution is -2.37. The minimum absolute atomic E-state index is 0. The summed E-state index contributed by atoms with van der Waals surface area (Å²) in [5, 5.41) is 7.81. The fourth-order valence-corrected chi connectivity index (χ4v) is 3.33. The SMILES string of the molecule is CCCOc1cccc(CCNC(=NC)NCc2sc(C)nc2C)c1.I. The first-order valence-electron chi connectivity index (χ1n) is 8.71. The van der Waals surface area contributed by atoms with E-state index in [9.17, 15) is 0 Å². The van der Waals surface area contributed by atoms with Crippen LogP contribution in [0, 0.1) is 13.8 Å². The minimum atomic E-state index is 0. The third-order valence-electron chi connectivity index (χ3n) is 3.72. The summed E-state index contributed by atoms with van der Waals surface area (Å²) < 4.78 is 5.68. The van der Waals surface area contributed by atoms with E-state index in [1.165, 1.54) is 10.4 Å². The highest BCUT2D eigenvalue weighted by atomic mass is 127. The molecule has 2 aromatic rings. The number of nitrogens with one attached hydrogen (secondary N) is 2. The number of aromatic nitrogens is 1. The Labute approximate surface area is 177 Å². The second-order valence-corrected chi connectivity index (χ2v) is 7.13. The Kier molecular flexibility index (Phi) is 10.6. The maximum atomic E-state index is 5.68. The number of benzene rings is 1. The normalized spacial score (nSPS) is 11.0. The van der Waals surface area contributed by atoms with E-state index >= 15 is 0 Å². The van der Waals surface area contributed by atoms with Gasteiger partial charge in [-0.3, -0.25) is 4.99 Å². The summed E-state index contributed by atoms with van der Waals surface area (Å²) in [5.41, 5.74) is 2.35. The van der Waals surface area contributed by atoms with E-state index in [2.05, 4.69) is 39.7 Å². The Morgan fingerprint density at radius 3 is 2.73 bits per heavy atom. The fourth-order valence-electron chi connectivity index (χ4n) is 2.46. The van der Waals surface area contributed by atoms with Gasteiger partial charge in [-0.15, -0.1) is 35.3 Å². The van der Waals surface area contributed by atoms with E-state index in [0.29, 0.717) is 0 Å². The van der Waals surface area contributed by atoms with Gasteiger partial charge in [-0.1, -0.05) is 19.1 Å². The molecule has 7 heteroatoms. The summed E-state index contributed by atoms with van der Waals surface area (Å²) in [6, 6.07) is 8.28. The first-order chi connectivity index (χ1) is 12.1. The number of thiazole rings is 1. The average Bonchev–Trinajstić information content (AvgIpc) is 2.94. The molecule has 0 bridgehead atoms. The topological polar surface area (TPSA) is 58.5 Å². The molecule has 0 aliphatic heterocycles. The molecule has 2 N–H and O–H groups in total. The molecule has 0 amide bonds. The van der Waals surface area contributed by atoms with E-state index in [-0.39, 0.29) is 24.0 Å². The Bertz CT molecular complexity index is 703. The lowest BCUT2D eigenvalue weighted by Gasteiger charge is -2.12. The largest absolute Gasteiger partial charge is 0.494 e. The van der Waals surface area contributed by atoms with Crippen LogP contribution in [0.1, 0.15) is 34.5 Å².